The third kappa shape index (κ3) is 6.41. The van der Waals surface area contributed by atoms with Crippen LogP contribution in [0.1, 0.15) is 25.7 Å². The Hall–Kier alpha value is -2.28. The van der Waals surface area contributed by atoms with E-state index in [9.17, 15) is 53.5 Å². The number of carbonyl (C=O) groups is 2. The number of allylic oxidation sites excluding steroid dienone is 2. The second kappa shape index (κ2) is 8.82. The van der Waals surface area contributed by atoms with E-state index in [0.717, 1.165) is 0 Å². The number of alkyl halides is 6. The lowest BCUT2D eigenvalue weighted by atomic mass is 9.82. The molecule has 1 aliphatic carbocycles. The zero-order valence-corrected chi connectivity index (χ0v) is 13.4. The summed E-state index contributed by atoms with van der Waals surface area (Å²) in [4.78, 5) is 23.1. The van der Waals surface area contributed by atoms with Crippen LogP contribution in [0.2, 0.25) is 0 Å². The Morgan fingerprint density at radius 2 is 0.857 bits per heavy atom. The van der Waals surface area contributed by atoms with E-state index in [2.05, 4.69) is 9.47 Å². The van der Waals surface area contributed by atoms with Crippen LogP contribution in [0.5, 0.6) is 0 Å². The van der Waals surface area contributed by atoms with Crippen LogP contribution in [0, 0.1) is 11.8 Å². The van der Waals surface area contributed by atoms with Gasteiger partial charge >= 0.3 is 36.5 Å². The largest absolute Gasteiger partial charge is 0.455 e. The molecule has 0 N–H and O–H groups in total. The number of hydrogen-bond acceptors (Lipinski definition) is 4. The van der Waals surface area contributed by atoms with Gasteiger partial charge < -0.3 is 9.47 Å². The van der Waals surface area contributed by atoms with Crippen LogP contribution in [-0.2, 0) is 19.1 Å². The molecule has 0 aromatic heterocycles. The molecule has 0 amide bonds. The zero-order chi connectivity index (χ0) is 21.9. The molecule has 160 valence electrons. The van der Waals surface area contributed by atoms with Gasteiger partial charge in [0.1, 0.15) is 0 Å². The molecule has 0 radical (unpaired) electrons. The maximum Gasteiger partial charge on any atom is 0.455 e. The molecular formula is C14H10F10O4. The summed E-state index contributed by atoms with van der Waals surface area (Å²) in [6, 6.07) is 0. The maximum atomic E-state index is 12.3. The normalized spacial score (nSPS) is 20.2. The third-order valence-electron chi connectivity index (χ3n) is 3.66. The number of halogens is 10. The van der Waals surface area contributed by atoms with E-state index in [-0.39, 0.29) is 0 Å². The third-order valence-corrected chi connectivity index (χ3v) is 3.66. The second-order valence-electron chi connectivity index (χ2n) is 5.57. The first kappa shape index (κ1) is 23.8. The molecule has 0 spiro atoms. The first-order valence-corrected chi connectivity index (χ1v) is 7.32. The van der Waals surface area contributed by atoms with Crippen LogP contribution in [0.4, 0.5) is 43.9 Å². The summed E-state index contributed by atoms with van der Waals surface area (Å²) in [5.74, 6) is -11.6. The van der Waals surface area contributed by atoms with Crippen molar-refractivity contribution < 1.29 is 63.0 Å². The molecule has 1 rings (SSSR count). The van der Waals surface area contributed by atoms with Gasteiger partial charge in [0.05, 0.1) is 11.8 Å². The number of rotatable bonds is 4. The van der Waals surface area contributed by atoms with E-state index in [1.165, 1.54) is 0 Å². The number of esters is 2. The van der Waals surface area contributed by atoms with E-state index >= 15 is 0 Å². The Morgan fingerprint density at radius 1 is 0.607 bits per heavy atom. The fraction of sp³-hybridized carbons (Fsp3) is 0.571. The summed E-state index contributed by atoms with van der Waals surface area (Å²) < 4.78 is 130. The molecule has 0 saturated heterocycles. The van der Waals surface area contributed by atoms with Gasteiger partial charge in [-0.25, -0.2) is 0 Å². The summed E-state index contributed by atoms with van der Waals surface area (Å²) in [6.45, 7) is 0. The minimum atomic E-state index is -5.63. The number of carbonyl (C=O) groups excluding carboxylic acids is 2. The highest BCUT2D eigenvalue weighted by Crippen LogP contribution is 2.36. The van der Waals surface area contributed by atoms with Crippen LogP contribution >= 0.6 is 0 Å². The quantitative estimate of drug-likeness (QED) is 0.347. The fourth-order valence-corrected chi connectivity index (χ4v) is 2.34. The van der Waals surface area contributed by atoms with E-state index in [4.69, 9.17) is 0 Å². The predicted octanol–water partition coefficient (Wildman–Crippen LogP) is 5.22. The second-order valence-corrected chi connectivity index (χ2v) is 5.57. The molecule has 0 aliphatic heterocycles. The van der Waals surface area contributed by atoms with E-state index in [1.54, 1.807) is 0 Å². The van der Waals surface area contributed by atoms with Crippen molar-refractivity contribution in [3.8, 4) is 0 Å². The van der Waals surface area contributed by atoms with Gasteiger partial charge in [-0.2, -0.15) is 43.9 Å². The van der Waals surface area contributed by atoms with Crippen LogP contribution in [0.25, 0.3) is 0 Å². The summed E-state index contributed by atoms with van der Waals surface area (Å²) >= 11 is 0. The Bertz CT molecular complexity index is 603. The van der Waals surface area contributed by atoms with Gasteiger partial charge in [0, 0.05) is 0 Å². The van der Waals surface area contributed by atoms with E-state index in [1.807, 2.05) is 0 Å². The topological polar surface area (TPSA) is 52.6 Å². The minimum Gasteiger partial charge on any atom is -0.415 e. The lowest BCUT2D eigenvalue weighted by Crippen LogP contribution is -2.31. The number of hydrogen-bond donors (Lipinski definition) is 0. The van der Waals surface area contributed by atoms with Crippen molar-refractivity contribution in [2.45, 2.75) is 38.0 Å². The minimum absolute atomic E-state index is 0.416. The highest BCUT2D eigenvalue weighted by atomic mass is 19.4. The van der Waals surface area contributed by atoms with Crippen LogP contribution in [0.3, 0.4) is 0 Å². The van der Waals surface area contributed by atoms with Crippen molar-refractivity contribution >= 4 is 11.9 Å². The molecule has 0 heterocycles. The molecule has 0 atom stereocenters. The molecule has 1 saturated carbocycles. The molecule has 0 unspecified atom stereocenters. The Kier molecular flexibility index (Phi) is 7.48. The van der Waals surface area contributed by atoms with Gasteiger partial charge in [-0.1, -0.05) is 0 Å². The van der Waals surface area contributed by atoms with Gasteiger partial charge in [-0.3, -0.25) is 9.59 Å². The first-order chi connectivity index (χ1) is 12.6. The lowest BCUT2D eigenvalue weighted by Gasteiger charge is -2.26. The highest BCUT2D eigenvalue weighted by Gasteiger charge is 2.45. The molecule has 0 aromatic carbocycles. The zero-order valence-electron chi connectivity index (χ0n) is 13.4. The molecule has 0 aromatic rings. The van der Waals surface area contributed by atoms with Crippen LogP contribution in [0.15, 0.2) is 23.7 Å². The monoisotopic (exact) mass is 432 g/mol. The summed E-state index contributed by atoms with van der Waals surface area (Å²) in [7, 11) is 0. The molecule has 0 bridgehead atoms. The van der Waals surface area contributed by atoms with Gasteiger partial charge in [0.2, 0.25) is 0 Å². The van der Waals surface area contributed by atoms with Crippen LogP contribution < -0.4 is 0 Å². The van der Waals surface area contributed by atoms with Crippen molar-refractivity contribution in [2.24, 2.45) is 11.8 Å². The molecule has 14 heteroatoms. The molecule has 4 nitrogen and oxygen atoms in total. The summed E-state index contributed by atoms with van der Waals surface area (Å²) in [5, 5.41) is 0. The maximum absolute atomic E-state index is 12.3. The van der Waals surface area contributed by atoms with Crippen LogP contribution in [-0.4, -0.2) is 24.3 Å². The van der Waals surface area contributed by atoms with Crippen molar-refractivity contribution in [1.82, 2.24) is 0 Å². The number of ether oxygens (including phenoxy) is 2. The summed E-state index contributed by atoms with van der Waals surface area (Å²) in [6.07, 6.45) is -19.5. The smallest absolute Gasteiger partial charge is 0.415 e. The van der Waals surface area contributed by atoms with Gasteiger partial charge in [0.15, 0.2) is 0 Å². The molecule has 28 heavy (non-hydrogen) atoms. The highest BCUT2D eigenvalue weighted by molar-refractivity contribution is 5.76. The molecule has 1 fully saturated rings. The SMILES string of the molecule is O=C(OC(=C(F)F)C(F)(F)F)C1CCC(C(=O)OC(=C(F)F)C(F)(F)F)CC1. The van der Waals surface area contributed by atoms with E-state index in [0.29, 0.717) is 0 Å². The molecular weight excluding hydrogens is 422 g/mol. The predicted molar refractivity (Wildman–Crippen MR) is 68.2 cm³/mol. The first-order valence-electron chi connectivity index (χ1n) is 7.32. The van der Waals surface area contributed by atoms with Gasteiger partial charge in [0.25, 0.3) is 11.5 Å². The van der Waals surface area contributed by atoms with Crippen molar-refractivity contribution in [2.75, 3.05) is 0 Å². The van der Waals surface area contributed by atoms with Gasteiger partial charge in [-0.15, -0.1) is 0 Å². The lowest BCUT2D eigenvalue weighted by molar-refractivity contribution is -0.171. The standard InChI is InChI=1S/C14H10F10O4/c15-9(16)7(13(19,20)21)27-11(25)5-1-2-6(4-3-5)12(26)28-8(10(17)18)14(22,23)24/h5-6H,1-4H2. The van der Waals surface area contributed by atoms with Crippen molar-refractivity contribution in [3.05, 3.63) is 23.7 Å². The average molecular weight is 432 g/mol. The molecule has 1 aliphatic rings. The Labute approximate surface area is 149 Å². The Balaban J connectivity index is 2.70. The summed E-state index contributed by atoms with van der Waals surface area (Å²) in [5.41, 5.74) is 0. The fourth-order valence-electron chi connectivity index (χ4n) is 2.34. The van der Waals surface area contributed by atoms with Gasteiger partial charge in [-0.05, 0) is 25.7 Å². The average Bonchev–Trinajstić information content (AvgIpc) is 2.54. The van der Waals surface area contributed by atoms with Crippen molar-refractivity contribution in [1.29, 1.82) is 0 Å². The van der Waals surface area contributed by atoms with E-state index < -0.39 is 85.5 Å². The Morgan fingerprint density at radius 3 is 1.04 bits per heavy atom. The van der Waals surface area contributed by atoms with Crippen molar-refractivity contribution in [3.63, 3.8) is 0 Å².